The van der Waals surface area contributed by atoms with Crippen molar-refractivity contribution in [2.24, 2.45) is 17.6 Å². The van der Waals surface area contributed by atoms with Gasteiger partial charge in [0.1, 0.15) is 0 Å². The number of hydrogen-bond acceptors (Lipinski definition) is 2. The number of aliphatic carboxylic acids is 1. The maximum atomic E-state index is 11.0. The zero-order valence-electron chi connectivity index (χ0n) is 11.9. The van der Waals surface area contributed by atoms with Crippen molar-refractivity contribution in [2.75, 3.05) is 6.54 Å². The lowest BCUT2D eigenvalue weighted by atomic mass is 9.91. The van der Waals surface area contributed by atoms with Gasteiger partial charge in [-0.1, -0.05) is 48.1 Å². The fourth-order valence-electron chi connectivity index (χ4n) is 2.33. The number of halogens is 3. The molecule has 0 aliphatic rings. The second-order valence-electron chi connectivity index (χ2n) is 5.36. The number of carbonyl (C=O) groups is 1. The maximum absolute atomic E-state index is 11.0. The van der Waals surface area contributed by atoms with Gasteiger partial charge in [0.25, 0.3) is 0 Å². The Balaban J connectivity index is 2.48. The van der Waals surface area contributed by atoms with Gasteiger partial charge in [-0.2, -0.15) is 0 Å². The molecular weight excluding hydrogens is 333 g/mol. The molecule has 118 valence electrons. The van der Waals surface area contributed by atoms with Crippen molar-refractivity contribution in [1.29, 1.82) is 0 Å². The molecule has 0 heterocycles. The summed E-state index contributed by atoms with van der Waals surface area (Å²) in [5.74, 6) is -0.999. The van der Waals surface area contributed by atoms with E-state index in [1.807, 2.05) is 13.0 Å². The SMILES string of the molecule is CC(CCCc1cc(Cl)cc(Cl)c1Cl)CC(CN)C(=O)O. The largest absolute Gasteiger partial charge is 0.481 e. The van der Waals surface area contributed by atoms with E-state index in [0.29, 0.717) is 27.4 Å². The Bertz CT molecular complexity index is 494. The van der Waals surface area contributed by atoms with E-state index in [4.69, 9.17) is 45.6 Å². The molecule has 0 radical (unpaired) electrons. The van der Waals surface area contributed by atoms with Crippen LogP contribution in [-0.2, 0) is 11.2 Å². The number of rotatable bonds is 8. The zero-order valence-corrected chi connectivity index (χ0v) is 14.2. The van der Waals surface area contributed by atoms with Crippen LogP contribution in [0.2, 0.25) is 15.1 Å². The van der Waals surface area contributed by atoms with Gasteiger partial charge < -0.3 is 10.8 Å². The van der Waals surface area contributed by atoms with E-state index in [2.05, 4.69) is 0 Å². The average molecular weight is 353 g/mol. The zero-order chi connectivity index (χ0) is 16.0. The molecule has 0 aliphatic heterocycles. The van der Waals surface area contributed by atoms with Gasteiger partial charge in [0, 0.05) is 11.6 Å². The first kappa shape index (κ1) is 18.6. The average Bonchev–Trinajstić information content (AvgIpc) is 2.41. The molecule has 0 bridgehead atoms. The highest BCUT2D eigenvalue weighted by molar-refractivity contribution is 6.43. The summed E-state index contributed by atoms with van der Waals surface area (Å²) in [6, 6.07) is 3.44. The van der Waals surface area contributed by atoms with Crippen molar-refractivity contribution in [3.05, 3.63) is 32.8 Å². The molecule has 1 rings (SSSR count). The number of hydrogen-bond donors (Lipinski definition) is 2. The number of carboxylic acid groups (broad SMARTS) is 1. The van der Waals surface area contributed by atoms with Crippen LogP contribution in [-0.4, -0.2) is 17.6 Å². The van der Waals surface area contributed by atoms with Crippen molar-refractivity contribution in [3.8, 4) is 0 Å². The molecule has 0 spiro atoms. The van der Waals surface area contributed by atoms with E-state index in [0.717, 1.165) is 24.8 Å². The van der Waals surface area contributed by atoms with Crippen LogP contribution < -0.4 is 5.73 Å². The molecule has 0 aliphatic carbocycles. The second-order valence-corrected chi connectivity index (χ2v) is 6.59. The molecule has 2 atom stereocenters. The summed E-state index contributed by atoms with van der Waals surface area (Å²) in [6.45, 7) is 2.22. The van der Waals surface area contributed by atoms with E-state index < -0.39 is 11.9 Å². The summed E-state index contributed by atoms with van der Waals surface area (Å²) in [7, 11) is 0. The summed E-state index contributed by atoms with van der Waals surface area (Å²) < 4.78 is 0. The molecule has 0 aromatic heterocycles. The molecule has 3 nitrogen and oxygen atoms in total. The van der Waals surface area contributed by atoms with Crippen LogP contribution in [0.1, 0.15) is 31.7 Å². The summed E-state index contributed by atoms with van der Waals surface area (Å²) in [5, 5.41) is 10.6. The van der Waals surface area contributed by atoms with E-state index in [-0.39, 0.29) is 6.54 Å². The minimum Gasteiger partial charge on any atom is -0.481 e. The van der Waals surface area contributed by atoms with Crippen molar-refractivity contribution >= 4 is 40.8 Å². The third-order valence-electron chi connectivity index (χ3n) is 3.53. The Kier molecular flexibility index (Phi) is 7.82. The Morgan fingerprint density at radius 1 is 1.33 bits per heavy atom. The van der Waals surface area contributed by atoms with Gasteiger partial charge in [-0.25, -0.2) is 0 Å². The van der Waals surface area contributed by atoms with Crippen molar-refractivity contribution in [2.45, 2.75) is 32.6 Å². The summed E-state index contributed by atoms with van der Waals surface area (Å²) in [6.07, 6.45) is 3.17. The molecule has 21 heavy (non-hydrogen) atoms. The lowest BCUT2D eigenvalue weighted by Crippen LogP contribution is -2.25. The monoisotopic (exact) mass is 351 g/mol. The smallest absolute Gasteiger partial charge is 0.307 e. The predicted molar refractivity (Wildman–Crippen MR) is 88.4 cm³/mol. The predicted octanol–water partition coefficient (Wildman–Crippen LogP) is 4.66. The molecule has 0 saturated heterocycles. The van der Waals surface area contributed by atoms with Crippen LogP contribution >= 0.6 is 34.8 Å². The molecule has 6 heteroatoms. The number of aryl methyl sites for hydroxylation is 1. The van der Waals surface area contributed by atoms with E-state index >= 15 is 0 Å². The molecule has 1 aromatic carbocycles. The van der Waals surface area contributed by atoms with Crippen molar-refractivity contribution in [3.63, 3.8) is 0 Å². The van der Waals surface area contributed by atoms with Gasteiger partial charge in [0.2, 0.25) is 0 Å². The third kappa shape index (κ3) is 6.03. The second kappa shape index (κ2) is 8.84. The minimum absolute atomic E-state index is 0.176. The molecule has 3 N–H and O–H groups in total. The maximum Gasteiger partial charge on any atom is 0.307 e. The Morgan fingerprint density at radius 3 is 2.57 bits per heavy atom. The summed E-state index contributed by atoms with van der Waals surface area (Å²) in [4.78, 5) is 11.0. The van der Waals surface area contributed by atoms with E-state index in [1.165, 1.54) is 0 Å². The Labute approximate surface area is 140 Å². The minimum atomic E-state index is -0.825. The molecule has 0 amide bonds. The first-order valence-corrected chi connectivity index (χ1v) is 8.04. The Hall–Kier alpha value is -0.480. The number of carboxylic acids is 1. The lowest BCUT2D eigenvalue weighted by molar-refractivity contribution is -0.141. The summed E-state index contributed by atoms with van der Waals surface area (Å²) >= 11 is 18.1. The molecule has 1 aromatic rings. The highest BCUT2D eigenvalue weighted by atomic mass is 35.5. The fraction of sp³-hybridized carbons (Fsp3) is 0.533. The standard InChI is InChI=1S/C15H20Cl3NO2/c1-9(5-11(8-19)15(20)21)3-2-4-10-6-12(16)7-13(17)14(10)18/h6-7,9,11H,2-5,8,19H2,1H3,(H,20,21). The van der Waals surface area contributed by atoms with Gasteiger partial charge in [-0.3, -0.25) is 4.79 Å². The molecule has 0 saturated carbocycles. The Morgan fingerprint density at radius 2 is 2.00 bits per heavy atom. The van der Waals surface area contributed by atoms with Gasteiger partial charge in [-0.15, -0.1) is 0 Å². The van der Waals surface area contributed by atoms with E-state index in [1.54, 1.807) is 6.07 Å². The van der Waals surface area contributed by atoms with Gasteiger partial charge in [-0.05, 0) is 42.9 Å². The third-order valence-corrected chi connectivity index (χ3v) is 4.59. The van der Waals surface area contributed by atoms with Gasteiger partial charge in [0.15, 0.2) is 0 Å². The topological polar surface area (TPSA) is 63.3 Å². The molecule has 0 fully saturated rings. The van der Waals surface area contributed by atoms with Crippen molar-refractivity contribution in [1.82, 2.24) is 0 Å². The molecule has 2 unspecified atom stereocenters. The quantitative estimate of drug-likeness (QED) is 0.669. The first-order valence-electron chi connectivity index (χ1n) is 6.91. The van der Waals surface area contributed by atoms with Gasteiger partial charge in [0.05, 0.1) is 16.0 Å². The van der Waals surface area contributed by atoms with Crippen LogP contribution in [0.15, 0.2) is 12.1 Å². The highest BCUT2D eigenvalue weighted by Gasteiger charge is 2.18. The first-order chi connectivity index (χ1) is 9.85. The summed E-state index contributed by atoms with van der Waals surface area (Å²) in [5.41, 5.74) is 6.39. The van der Waals surface area contributed by atoms with Gasteiger partial charge >= 0.3 is 5.97 Å². The normalized spacial score (nSPS) is 14.0. The van der Waals surface area contributed by atoms with Crippen molar-refractivity contribution < 1.29 is 9.90 Å². The van der Waals surface area contributed by atoms with Crippen LogP contribution in [0.25, 0.3) is 0 Å². The van der Waals surface area contributed by atoms with Crippen LogP contribution in [0.3, 0.4) is 0 Å². The van der Waals surface area contributed by atoms with E-state index in [9.17, 15) is 4.79 Å². The number of benzene rings is 1. The van der Waals surface area contributed by atoms with Crippen LogP contribution in [0.5, 0.6) is 0 Å². The fourth-order valence-corrected chi connectivity index (χ4v) is 3.07. The van der Waals surface area contributed by atoms with Crippen LogP contribution in [0, 0.1) is 11.8 Å². The lowest BCUT2D eigenvalue weighted by Gasteiger charge is -2.16. The highest BCUT2D eigenvalue weighted by Crippen LogP contribution is 2.31. The number of nitrogens with two attached hydrogens (primary N) is 1. The van der Waals surface area contributed by atoms with Crippen LogP contribution in [0.4, 0.5) is 0 Å². The molecular formula is C15H20Cl3NO2.